The molecule has 0 aliphatic carbocycles. The fourth-order valence-electron chi connectivity index (χ4n) is 1.09. The van der Waals surface area contributed by atoms with Gasteiger partial charge in [0.25, 0.3) is 5.91 Å². The molecule has 1 amide bonds. The van der Waals surface area contributed by atoms with E-state index in [1.807, 2.05) is 6.92 Å². The maximum Gasteiger partial charge on any atom is 0.251 e. The van der Waals surface area contributed by atoms with E-state index in [2.05, 4.69) is 19.2 Å². The van der Waals surface area contributed by atoms with Crippen molar-refractivity contribution in [2.24, 2.45) is 5.92 Å². The fourth-order valence-corrected chi connectivity index (χ4v) is 1.09. The summed E-state index contributed by atoms with van der Waals surface area (Å²) >= 11 is 0. The molecule has 1 aromatic carbocycles. The lowest BCUT2D eigenvalue weighted by molar-refractivity contribution is 0.0930. The van der Waals surface area contributed by atoms with Crippen molar-refractivity contribution in [3.63, 3.8) is 0 Å². The Morgan fingerprint density at radius 1 is 1.20 bits per heavy atom. The van der Waals surface area contributed by atoms with E-state index in [0.29, 0.717) is 17.2 Å². The summed E-state index contributed by atoms with van der Waals surface area (Å²) in [6, 6.07) is 7.11. The number of carbonyl (C=O) groups excluding carboxylic acids is 1. The molecule has 3 heteroatoms. The Labute approximate surface area is 90.7 Å². The van der Waals surface area contributed by atoms with E-state index in [1.165, 1.54) is 0 Å². The monoisotopic (exact) mass is 206 g/mol. The Morgan fingerprint density at radius 2 is 1.73 bits per heavy atom. The van der Waals surface area contributed by atoms with E-state index in [4.69, 9.17) is 5.73 Å². The third-order valence-corrected chi connectivity index (χ3v) is 2.53. The Morgan fingerprint density at radius 3 is 2.20 bits per heavy atom. The van der Waals surface area contributed by atoms with Gasteiger partial charge >= 0.3 is 0 Å². The topological polar surface area (TPSA) is 55.1 Å². The lowest BCUT2D eigenvalue weighted by Crippen LogP contribution is -2.36. The molecule has 0 heterocycles. The maximum atomic E-state index is 11.7. The van der Waals surface area contributed by atoms with E-state index in [1.54, 1.807) is 24.3 Å². The Balaban J connectivity index is 2.65. The van der Waals surface area contributed by atoms with Gasteiger partial charge in [-0.05, 0) is 37.1 Å². The summed E-state index contributed by atoms with van der Waals surface area (Å²) < 4.78 is 0. The van der Waals surface area contributed by atoms with Crippen molar-refractivity contribution in [1.29, 1.82) is 0 Å². The van der Waals surface area contributed by atoms with Crippen molar-refractivity contribution in [3.05, 3.63) is 29.8 Å². The Kier molecular flexibility index (Phi) is 3.72. The SMILES string of the molecule is CC(C)C(C)NC(=O)c1ccc(N)cc1. The van der Waals surface area contributed by atoms with Gasteiger partial charge < -0.3 is 11.1 Å². The van der Waals surface area contributed by atoms with Crippen LogP contribution in [-0.4, -0.2) is 11.9 Å². The molecule has 0 aliphatic heterocycles. The first-order chi connectivity index (χ1) is 7.00. The van der Waals surface area contributed by atoms with Crippen LogP contribution in [0.1, 0.15) is 31.1 Å². The first-order valence-corrected chi connectivity index (χ1v) is 5.17. The fraction of sp³-hybridized carbons (Fsp3) is 0.417. The van der Waals surface area contributed by atoms with Crippen LogP contribution in [0.25, 0.3) is 0 Å². The molecule has 0 aromatic heterocycles. The highest BCUT2D eigenvalue weighted by Gasteiger charge is 2.11. The van der Waals surface area contributed by atoms with Crippen LogP contribution in [0.3, 0.4) is 0 Å². The van der Waals surface area contributed by atoms with Crippen LogP contribution in [0.5, 0.6) is 0 Å². The molecule has 15 heavy (non-hydrogen) atoms. The van der Waals surface area contributed by atoms with E-state index in [-0.39, 0.29) is 11.9 Å². The predicted molar refractivity (Wildman–Crippen MR) is 62.6 cm³/mol. The first-order valence-electron chi connectivity index (χ1n) is 5.17. The number of benzene rings is 1. The van der Waals surface area contributed by atoms with Gasteiger partial charge in [0, 0.05) is 17.3 Å². The molecular weight excluding hydrogens is 188 g/mol. The Bertz CT molecular complexity index is 330. The molecule has 0 aliphatic rings. The van der Waals surface area contributed by atoms with Crippen molar-refractivity contribution in [3.8, 4) is 0 Å². The molecular formula is C12H18N2O. The molecule has 0 bridgehead atoms. The summed E-state index contributed by atoms with van der Waals surface area (Å²) in [5, 5.41) is 2.94. The minimum atomic E-state index is -0.0452. The van der Waals surface area contributed by atoms with Crippen LogP contribution in [0.4, 0.5) is 5.69 Å². The van der Waals surface area contributed by atoms with Crippen molar-refractivity contribution in [2.45, 2.75) is 26.8 Å². The van der Waals surface area contributed by atoms with Crippen molar-refractivity contribution in [1.82, 2.24) is 5.32 Å². The zero-order chi connectivity index (χ0) is 11.4. The lowest BCUT2D eigenvalue weighted by Gasteiger charge is -2.17. The van der Waals surface area contributed by atoms with Crippen LogP contribution >= 0.6 is 0 Å². The average Bonchev–Trinajstić information content (AvgIpc) is 2.18. The molecule has 0 radical (unpaired) electrons. The van der Waals surface area contributed by atoms with Gasteiger partial charge in [0.2, 0.25) is 0 Å². The van der Waals surface area contributed by atoms with Gasteiger partial charge in [-0.25, -0.2) is 0 Å². The van der Waals surface area contributed by atoms with Crippen molar-refractivity contribution in [2.75, 3.05) is 5.73 Å². The number of hydrogen-bond acceptors (Lipinski definition) is 2. The normalized spacial score (nSPS) is 12.5. The van der Waals surface area contributed by atoms with E-state index < -0.39 is 0 Å². The van der Waals surface area contributed by atoms with Gasteiger partial charge in [-0.3, -0.25) is 4.79 Å². The first kappa shape index (κ1) is 11.6. The number of nitrogen functional groups attached to an aromatic ring is 1. The molecule has 3 N–H and O–H groups in total. The highest BCUT2D eigenvalue weighted by Crippen LogP contribution is 2.07. The van der Waals surface area contributed by atoms with Gasteiger partial charge in [-0.1, -0.05) is 13.8 Å². The summed E-state index contributed by atoms with van der Waals surface area (Å²) in [4.78, 5) is 11.7. The van der Waals surface area contributed by atoms with Gasteiger partial charge in [-0.15, -0.1) is 0 Å². The van der Waals surface area contributed by atoms with Gasteiger partial charge in [0.1, 0.15) is 0 Å². The number of anilines is 1. The minimum Gasteiger partial charge on any atom is -0.399 e. The molecule has 0 spiro atoms. The van der Waals surface area contributed by atoms with Gasteiger partial charge in [0.05, 0.1) is 0 Å². The predicted octanol–water partition coefficient (Wildman–Crippen LogP) is 2.04. The van der Waals surface area contributed by atoms with Crippen molar-refractivity contribution < 1.29 is 4.79 Å². The molecule has 1 rings (SSSR count). The maximum absolute atomic E-state index is 11.7. The molecule has 0 saturated heterocycles. The average molecular weight is 206 g/mol. The van der Waals surface area contributed by atoms with Gasteiger partial charge in [-0.2, -0.15) is 0 Å². The van der Waals surface area contributed by atoms with Crippen LogP contribution in [-0.2, 0) is 0 Å². The molecule has 1 aromatic rings. The molecule has 82 valence electrons. The summed E-state index contributed by atoms with van der Waals surface area (Å²) in [5.41, 5.74) is 6.86. The standard InChI is InChI=1S/C12H18N2O/c1-8(2)9(3)14-12(15)10-4-6-11(13)7-5-10/h4-9H,13H2,1-3H3,(H,14,15). The highest BCUT2D eigenvalue weighted by atomic mass is 16.1. The zero-order valence-corrected chi connectivity index (χ0v) is 9.45. The van der Waals surface area contributed by atoms with E-state index in [9.17, 15) is 4.79 Å². The van der Waals surface area contributed by atoms with Crippen LogP contribution in [0.15, 0.2) is 24.3 Å². The van der Waals surface area contributed by atoms with E-state index >= 15 is 0 Å². The summed E-state index contributed by atoms with van der Waals surface area (Å²) in [5.74, 6) is 0.388. The molecule has 0 saturated carbocycles. The van der Waals surface area contributed by atoms with E-state index in [0.717, 1.165) is 0 Å². The quantitative estimate of drug-likeness (QED) is 0.744. The number of nitrogens with two attached hydrogens (primary N) is 1. The van der Waals surface area contributed by atoms with Crippen LogP contribution < -0.4 is 11.1 Å². The second kappa shape index (κ2) is 4.82. The van der Waals surface area contributed by atoms with Crippen molar-refractivity contribution >= 4 is 11.6 Å². The number of rotatable bonds is 3. The highest BCUT2D eigenvalue weighted by molar-refractivity contribution is 5.94. The second-order valence-corrected chi connectivity index (χ2v) is 4.13. The third kappa shape index (κ3) is 3.27. The second-order valence-electron chi connectivity index (χ2n) is 4.13. The summed E-state index contributed by atoms with van der Waals surface area (Å²) in [6.07, 6.45) is 0. The van der Waals surface area contributed by atoms with Gasteiger partial charge in [0.15, 0.2) is 0 Å². The number of carbonyl (C=O) groups is 1. The smallest absolute Gasteiger partial charge is 0.251 e. The van der Waals surface area contributed by atoms with Crippen LogP contribution in [0, 0.1) is 5.92 Å². The zero-order valence-electron chi connectivity index (χ0n) is 9.45. The Hall–Kier alpha value is -1.51. The molecule has 0 fully saturated rings. The minimum absolute atomic E-state index is 0.0452. The molecule has 3 nitrogen and oxygen atoms in total. The lowest BCUT2D eigenvalue weighted by atomic mass is 10.1. The largest absolute Gasteiger partial charge is 0.399 e. The van der Waals surface area contributed by atoms with Crippen LogP contribution in [0.2, 0.25) is 0 Å². The number of hydrogen-bond donors (Lipinski definition) is 2. The molecule has 1 atom stereocenters. The summed E-state index contributed by atoms with van der Waals surface area (Å²) in [7, 11) is 0. The third-order valence-electron chi connectivity index (χ3n) is 2.53. The number of amides is 1. The molecule has 1 unspecified atom stereocenters. The number of nitrogens with one attached hydrogen (secondary N) is 1. The summed E-state index contributed by atoms with van der Waals surface area (Å²) in [6.45, 7) is 6.15.